The molecule has 0 radical (unpaired) electrons. The second-order valence-corrected chi connectivity index (χ2v) is 4.79. The Morgan fingerprint density at radius 1 is 1.47 bits per heavy atom. The van der Waals surface area contributed by atoms with Crippen molar-refractivity contribution < 1.29 is 9.84 Å². The lowest BCUT2D eigenvalue weighted by Gasteiger charge is -2.11. The van der Waals surface area contributed by atoms with Crippen LogP contribution in [0.2, 0.25) is 0 Å². The number of thiophene rings is 1. The van der Waals surface area contributed by atoms with E-state index in [0.717, 1.165) is 21.9 Å². The monoisotopic (exact) mass is 249 g/mol. The van der Waals surface area contributed by atoms with Gasteiger partial charge in [0.1, 0.15) is 5.75 Å². The average Bonchev–Trinajstić information content (AvgIpc) is 2.80. The fourth-order valence-electron chi connectivity index (χ4n) is 1.73. The van der Waals surface area contributed by atoms with Crippen LogP contribution < -0.4 is 4.74 Å². The maximum Gasteiger partial charge on any atom is 0.135 e. The first kappa shape index (κ1) is 12.1. The molecule has 2 aromatic rings. The van der Waals surface area contributed by atoms with Gasteiger partial charge in [0.15, 0.2) is 0 Å². The molecule has 0 aliphatic heterocycles. The standard InChI is InChI=1S/C13H15NO2S/c1-9-4-3-6-14-10(9)8-11(15)13-12(16-2)5-7-17-13/h3-7,11,15H,8H2,1-2H3. The molecule has 1 atom stereocenters. The van der Waals surface area contributed by atoms with Crippen molar-refractivity contribution in [3.8, 4) is 5.75 Å². The number of aromatic nitrogens is 1. The predicted molar refractivity (Wildman–Crippen MR) is 68.5 cm³/mol. The molecule has 0 amide bonds. The second kappa shape index (κ2) is 5.29. The summed E-state index contributed by atoms with van der Waals surface area (Å²) < 4.78 is 5.20. The zero-order valence-corrected chi connectivity index (χ0v) is 10.7. The molecule has 0 aliphatic carbocycles. The van der Waals surface area contributed by atoms with Gasteiger partial charge in [-0.25, -0.2) is 0 Å². The van der Waals surface area contributed by atoms with Crippen LogP contribution in [-0.4, -0.2) is 17.2 Å². The van der Waals surface area contributed by atoms with Crippen LogP contribution in [0.25, 0.3) is 0 Å². The normalized spacial score (nSPS) is 12.4. The number of hydrogen-bond acceptors (Lipinski definition) is 4. The highest BCUT2D eigenvalue weighted by Crippen LogP contribution is 2.32. The van der Waals surface area contributed by atoms with Crippen LogP contribution in [0, 0.1) is 6.92 Å². The molecule has 2 aromatic heterocycles. The lowest BCUT2D eigenvalue weighted by atomic mass is 10.1. The first-order chi connectivity index (χ1) is 8.22. The summed E-state index contributed by atoms with van der Waals surface area (Å²) in [6, 6.07) is 5.77. The molecule has 2 heterocycles. The van der Waals surface area contributed by atoms with Crippen LogP contribution in [-0.2, 0) is 6.42 Å². The number of rotatable bonds is 4. The summed E-state index contributed by atoms with van der Waals surface area (Å²) in [6.07, 6.45) is 1.71. The van der Waals surface area contributed by atoms with E-state index in [9.17, 15) is 5.11 Å². The van der Waals surface area contributed by atoms with Crippen LogP contribution >= 0.6 is 11.3 Å². The second-order valence-electron chi connectivity index (χ2n) is 3.84. The third-order valence-electron chi connectivity index (χ3n) is 2.68. The van der Waals surface area contributed by atoms with Gasteiger partial charge in [0.05, 0.1) is 18.1 Å². The highest BCUT2D eigenvalue weighted by molar-refractivity contribution is 7.10. The molecular weight excluding hydrogens is 234 g/mol. The Balaban J connectivity index is 2.17. The zero-order valence-electron chi connectivity index (χ0n) is 9.88. The molecule has 4 heteroatoms. The molecule has 1 unspecified atom stereocenters. The van der Waals surface area contributed by atoms with Crippen LogP contribution in [0.3, 0.4) is 0 Å². The Bertz CT molecular complexity index is 496. The summed E-state index contributed by atoms with van der Waals surface area (Å²) in [4.78, 5) is 5.15. The number of methoxy groups -OCH3 is 1. The van der Waals surface area contributed by atoms with Crippen molar-refractivity contribution in [3.05, 3.63) is 45.9 Å². The van der Waals surface area contributed by atoms with Crippen molar-refractivity contribution in [1.29, 1.82) is 0 Å². The largest absolute Gasteiger partial charge is 0.495 e. The van der Waals surface area contributed by atoms with E-state index >= 15 is 0 Å². The van der Waals surface area contributed by atoms with E-state index in [2.05, 4.69) is 4.98 Å². The molecule has 90 valence electrons. The highest BCUT2D eigenvalue weighted by Gasteiger charge is 2.16. The van der Waals surface area contributed by atoms with Crippen molar-refractivity contribution in [2.24, 2.45) is 0 Å². The lowest BCUT2D eigenvalue weighted by Crippen LogP contribution is -2.04. The highest BCUT2D eigenvalue weighted by atomic mass is 32.1. The van der Waals surface area contributed by atoms with Crippen LogP contribution in [0.15, 0.2) is 29.8 Å². The molecule has 1 N–H and O–H groups in total. The van der Waals surface area contributed by atoms with Gasteiger partial charge in [-0.15, -0.1) is 11.3 Å². The molecule has 17 heavy (non-hydrogen) atoms. The van der Waals surface area contributed by atoms with Gasteiger partial charge in [0, 0.05) is 18.3 Å². The van der Waals surface area contributed by atoms with Crippen molar-refractivity contribution in [3.63, 3.8) is 0 Å². The minimum Gasteiger partial charge on any atom is -0.495 e. The minimum atomic E-state index is -0.557. The summed E-state index contributed by atoms with van der Waals surface area (Å²) in [5.74, 6) is 0.746. The molecular formula is C13H15NO2S. The van der Waals surface area contributed by atoms with Gasteiger partial charge in [-0.1, -0.05) is 6.07 Å². The van der Waals surface area contributed by atoms with Gasteiger partial charge in [0.25, 0.3) is 0 Å². The third kappa shape index (κ3) is 2.65. The van der Waals surface area contributed by atoms with Crippen LogP contribution in [0.1, 0.15) is 22.2 Å². The van der Waals surface area contributed by atoms with E-state index < -0.39 is 6.10 Å². The van der Waals surface area contributed by atoms with E-state index in [1.54, 1.807) is 13.3 Å². The molecule has 0 fully saturated rings. The summed E-state index contributed by atoms with van der Waals surface area (Å²) in [5.41, 5.74) is 2.03. The molecule has 0 aromatic carbocycles. The van der Waals surface area contributed by atoms with Gasteiger partial charge < -0.3 is 9.84 Å². The van der Waals surface area contributed by atoms with Gasteiger partial charge >= 0.3 is 0 Å². The maximum atomic E-state index is 10.2. The molecule has 0 saturated carbocycles. The van der Waals surface area contributed by atoms with Gasteiger partial charge in [-0.3, -0.25) is 4.98 Å². The Kier molecular flexibility index (Phi) is 3.76. The van der Waals surface area contributed by atoms with Gasteiger partial charge in [0.2, 0.25) is 0 Å². The lowest BCUT2D eigenvalue weighted by molar-refractivity contribution is 0.177. The van der Waals surface area contributed by atoms with Crippen molar-refractivity contribution in [1.82, 2.24) is 4.98 Å². The maximum absolute atomic E-state index is 10.2. The number of hydrogen-bond donors (Lipinski definition) is 1. The topological polar surface area (TPSA) is 42.4 Å². The molecule has 0 spiro atoms. The summed E-state index contributed by atoms with van der Waals surface area (Å²) in [6.45, 7) is 2.00. The quantitative estimate of drug-likeness (QED) is 0.906. The van der Waals surface area contributed by atoms with E-state index in [1.165, 1.54) is 11.3 Å². The van der Waals surface area contributed by atoms with E-state index in [0.29, 0.717) is 6.42 Å². The van der Waals surface area contributed by atoms with Gasteiger partial charge in [-0.05, 0) is 30.0 Å². The first-order valence-corrected chi connectivity index (χ1v) is 6.30. The fourth-order valence-corrected chi connectivity index (χ4v) is 2.57. The predicted octanol–water partition coefficient (Wildman–Crippen LogP) is 2.74. The molecule has 2 rings (SSSR count). The summed E-state index contributed by atoms with van der Waals surface area (Å²) >= 11 is 1.50. The van der Waals surface area contributed by atoms with E-state index in [4.69, 9.17) is 4.74 Å². The Morgan fingerprint density at radius 2 is 2.29 bits per heavy atom. The summed E-state index contributed by atoms with van der Waals surface area (Å²) in [5, 5.41) is 12.1. The third-order valence-corrected chi connectivity index (χ3v) is 3.68. The average molecular weight is 249 g/mol. The number of aliphatic hydroxyl groups is 1. The summed E-state index contributed by atoms with van der Waals surface area (Å²) in [7, 11) is 1.62. The minimum absolute atomic E-state index is 0.517. The number of aliphatic hydroxyl groups excluding tert-OH is 1. The number of nitrogens with zero attached hydrogens (tertiary/aromatic N) is 1. The number of aryl methyl sites for hydroxylation is 1. The van der Waals surface area contributed by atoms with Crippen LogP contribution in [0.5, 0.6) is 5.75 Å². The Hall–Kier alpha value is -1.39. The Labute approximate surface area is 105 Å². The smallest absolute Gasteiger partial charge is 0.135 e. The van der Waals surface area contributed by atoms with Crippen molar-refractivity contribution in [2.75, 3.05) is 7.11 Å². The van der Waals surface area contributed by atoms with Crippen molar-refractivity contribution >= 4 is 11.3 Å². The molecule has 3 nitrogen and oxygen atoms in total. The Morgan fingerprint density at radius 3 is 3.00 bits per heavy atom. The molecule has 0 bridgehead atoms. The fraction of sp³-hybridized carbons (Fsp3) is 0.308. The molecule has 0 saturated heterocycles. The van der Waals surface area contributed by atoms with E-state index in [1.807, 2.05) is 30.5 Å². The van der Waals surface area contributed by atoms with Crippen molar-refractivity contribution in [2.45, 2.75) is 19.4 Å². The zero-order chi connectivity index (χ0) is 12.3. The molecule has 0 aliphatic rings. The van der Waals surface area contributed by atoms with Gasteiger partial charge in [-0.2, -0.15) is 0 Å². The SMILES string of the molecule is COc1ccsc1C(O)Cc1ncccc1C. The first-order valence-electron chi connectivity index (χ1n) is 5.42. The number of pyridine rings is 1. The van der Waals surface area contributed by atoms with E-state index in [-0.39, 0.29) is 0 Å². The van der Waals surface area contributed by atoms with Crippen LogP contribution in [0.4, 0.5) is 0 Å². The number of ether oxygens (including phenoxy) is 1.